The van der Waals surface area contributed by atoms with Crippen LogP contribution in [0.2, 0.25) is 0 Å². The van der Waals surface area contributed by atoms with E-state index in [9.17, 15) is 8.42 Å². The molecule has 0 amide bonds. The topological polar surface area (TPSA) is 81.4 Å². The number of hydrogen-bond donors (Lipinski definition) is 2. The van der Waals surface area contributed by atoms with Crippen molar-refractivity contribution in [2.24, 2.45) is 0 Å². The molecule has 0 radical (unpaired) electrons. The highest BCUT2D eigenvalue weighted by Crippen LogP contribution is 2.31. The maximum absolute atomic E-state index is 11.4. The number of sulfone groups is 1. The van der Waals surface area contributed by atoms with Crippen molar-refractivity contribution in [3.8, 4) is 5.75 Å². The van der Waals surface area contributed by atoms with Crippen molar-refractivity contribution in [1.82, 2.24) is 0 Å². The van der Waals surface area contributed by atoms with E-state index in [-0.39, 0.29) is 4.90 Å². The van der Waals surface area contributed by atoms with Crippen LogP contribution >= 0.6 is 0 Å². The molecule has 0 bridgehead atoms. The number of nitrogen functional groups attached to an aromatic ring is 1. The van der Waals surface area contributed by atoms with Gasteiger partial charge >= 0.3 is 0 Å². The number of anilines is 3. The zero-order valence-corrected chi connectivity index (χ0v) is 12.1. The second-order valence-corrected chi connectivity index (χ2v) is 6.36. The van der Waals surface area contributed by atoms with E-state index in [0.29, 0.717) is 17.1 Å². The highest BCUT2D eigenvalue weighted by molar-refractivity contribution is 7.90. The van der Waals surface area contributed by atoms with E-state index in [0.717, 1.165) is 5.69 Å². The van der Waals surface area contributed by atoms with E-state index in [1.165, 1.54) is 6.26 Å². The summed E-state index contributed by atoms with van der Waals surface area (Å²) in [6, 6.07) is 11.9. The summed E-state index contributed by atoms with van der Waals surface area (Å²) in [5, 5.41) is 3.13. The zero-order chi connectivity index (χ0) is 14.8. The number of nitrogens with two attached hydrogens (primary N) is 1. The van der Waals surface area contributed by atoms with Crippen LogP contribution in [-0.2, 0) is 9.84 Å². The molecule has 20 heavy (non-hydrogen) atoms. The van der Waals surface area contributed by atoms with Crippen molar-refractivity contribution < 1.29 is 13.2 Å². The molecule has 6 heteroatoms. The van der Waals surface area contributed by atoms with E-state index in [1.54, 1.807) is 37.4 Å². The number of ether oxygens (including phenoxy) is 1. The third-order valence-electron chi connectivity index (χ3n) is 2.85. The predicted octanol–water partition coefficient (Wildman–Crippen LogP) is 2.42. The molecule has 2 aromatic carbocycles. The minimum absolute atomic E-state index is 0.279. The van der Waals surface area contributed by atoms with Gasteiger partial charge < -0.3 is 15.8 Å². The molecule has 0 atom stereocenters. The molecule has 5 nitrogen and oxygen atoms in total. The summed E-state index contributed by atoms with van der Waals surface area (Å²) in [5.74, 6) is 0.586. The molecule has 2 aromatic rings. The Bertz CT molecular complexity index is 710. The lowest BCUT2D eigenvalue weighted by Crippen LogP contribution is -2.00. The van der Waals surface area contributed by atoms with Crippen molar-refractivity contribution in [3.63, 3.8) is 0 Å². The second kappa shape index (κ2) is 5.42. The molecular formula is C14H16N2O3S. The SMILES string of the molecule is COc1cccc(Nc2ccc(S(C)(=O)=O)cc2)c1N. The van der Waals surface area contributed by atoms with Gasteiger partial charge in [0.05, 0.1) is 23.4 Å². The number of hydrogen-bond acceptors (Lipinski definition) is 5. The van der Waals surface area contributed by atoms with Gasteiger partial charge in [-0.1, -0.05) is 6.07 Å². The number of nitrogens with one attached hydrogen (secondary N) is 1. The Morgan fingerprint density at radius 2 is 1.75 bits per heavy atom. The lowest BCUT2D eigenvalue weighted by atomic mass is 10.2. The smallest absolute Gasteiger partial charge is 0.175 e. The van der Waals surface area contributed by atoms with Crippen molar-refractivity contribution in [2.75, 3.05) is 24.4 Å². The quantitative estimate of drug-likeness (QED) is 0.846. The Labute approximate surface area is 118 Å². The molecule has 0 aromatic heterocycles. The van der Waals surface area contributed by atoms with Gasteiger partial charge in [0.2, 0.25) is 0 Å². The van der Waals surface area contributed by atoms with Gasteiger partial charge in [-0.2, -0.15) is 0 Å². The van der Waals surface area contributed by atoms with Gasteiger partial charge in [0, 0.05) is 11.9 Å². The number of benzene rings is 2. The summed E-state index contributed by atoms with van der Waals surface area (Å²) in [5.41, 5.74) is 7.91. The van der Waals surface area contributed by atoms with Crippen LogP contribution in [0.15, 0.2) is 47.4 Å². The van der Waals surface area contributed by atoms with Crippen molar-refractivity contribution in [1.29, 1.82) is 0 Å². The van der Waals surface area contributed by atoms with Crippen LogP contribution in [0, 0.1) is 0 Å². The average molecular weight is 292 g/mol. The van der Waals surface area contributed by atoms with E-state index >= 15 is 0 Å². The van der Waals surface area contributed by atoms with E-state index in [2.05, 4.69) is 5.32 Å². The summed E-state index contributed by atoms with van der Waals surface area (Å²) < 4.78 is 27.9. The number of para-hydroxylation sites is 1. The van der Waals surface area contributed by atoms with Crippen LogP contribution in [0.3, 0.4) is 0 Å². The molecular weight excluding hydrogens is 276 g/mol. The monoisotopic (exact) mass is 292 g/mol. The molecule has 106 valence electrons. The molecule has 0 saturated heterocycles. The lowest BCUT2D eigenvalue weighted by molar-refractivity contribution is 0.417. The van der Waals surface area contributed by atoms with Crippen molar-refractivity contribution in [3.05, 3.63) is 42.5 Å². The average Bonchev–Trinajstić information content (AvgIpc) is 2.41. The molecule has 0 heterocycles. The zero-order valence-electron chi connectivity index (χ0n) is 11.3. The van der Waals surface area contributed by atoms with E-state index in [4.69, 9.17) is 10.5 Å². The third-order valence-corrected chi connectivity index (χ3v) is 3.98. The van der Waals surface area contributed by atoms with Gasteiger partial charge in [-0.3, -0.25) is 0 Å². The maximum atomic E-state index is 11.4. The van der Waals surface area contributed by atoms with Gasteiger partial charge in [0.25, 0.3) is 0 Å². The molecule has 0 aliphatic carbocycles. The van der Waals surface area contributed by atoms with E-state index < -0.39 is 9.84 Å². The maximum Gasteiger partial charge on any atom is 0.175 e. The fraction of sp³-hybridized carbons (Fsp3) is 0.143. The van der Waals surface area contributed by atoms with Gasteiger partial charge in [-0.05, 0) is 36.4 Å². The van der Waals surface area contributed by atoms with Gasteiger partial charge in [-0.15, -0.1) is 0 Å². The molecule has 0 saturated carbocycles. The second-order valence-electron chi connectivity index (χ2n) is 4.34. The summed E-state index contributed by atoms with van der Waals surface area (Å²) in [6.45, 7) is 0. The van der Waals surface area contributed by atoms with Gasteiger partial charge in [-0.25, -0.2) is 8.42 Å². The Hall–Kier alpha value is -2.21. The molecule has 0 unspecified atom stereocenters. The predicted molar refractivity (Wildman–Crippen MR) is 80.2 cm³/mol. The first kappa shape index (κ1) is 14.2. The summed E-state index contributed by atoms with van der Waals surface area (Å²) >= 11 is 0. The first-order valence-electron chi connectivity index (χ1n) is 5.91. The minimum Gasteiger partial charge on any atom is -0.495 e. The van der Waals surface area contributed by atoms with Gasteiger partial charge in [0.1, 0.15) is 5.75 Å². The molecule has 0 spiro atoms. The number of rotatable bonds is 4. The Kier molecular flexibility index (Phi) is 3.85. The molecule has 2 rings (SSSR count). The number of methoxy groups -OCH3 is 1. The third kappa shape index (κ3) is 3.03. The lowest BCUT2D eigenvalue weighted by Gasteiger charge is -2.12. The fourth-order valence-electron chi connectivity index (χ4n) is 1.77. The van der Waals surface area contributed by atoms with Crippen molar-refractivity contribution >= 4 is 26.9 Å². The summed E-state index contributed by atoms with van der Waals surface area (Å²) in [4.78, 5) is 0.279. The highest BCUT2D eigenvalue weighted by Gasteiger charge is 2.08. The summed E-state index contributed by atoms with van der Waals surface area (Å²) in [7, 11) is -1.63. The van der Waals surface area contributed by atoms with Gasteiger partial charge in [0.15, 0.2) is 9.84 Å². The summed E-state index contributed by atoms with van der Waals surface area (Å²) in [6.07, 6.45) is 1.18. The first-order valence-corrected chi connectivity index (χ1v) is 7.80. The van der Waals surface area contributed by atoms with Crippen molar-refractivity contribution in [2.45, 2.75) is 4.90 Å². The minimum atomic E-state index is -3.18. The fourth-order valence-corrected chi connectivity index (χ4v) is 2.40. The Morgan fingerprint density at radius 3 is 2.30 bits per heavy atom. The largest absolute Gasteiger partial charge is 0.495 e. The van der Waals surface area contributed by atoms with Crippen LogP contribution in [0.1, 0.15) is 0 Å². The normalized spacial score (nSPS) is 11.1. The molecule has 0 aliphatic heterocycles. The van der Waals surface area contributed by atoms with Crippen LogP contribution < -0.4 is 15.8 Å². The standard InChI is InChI=1S/C14H16N2O3S/c1-19-13-5-3-4-12(14(13)15)16-10-6-8-11(9-7-10)20(2,17)18/h3-9,16H,15H2,1-2H3. The first-order chi connectivity index (χ1) is 9.41. The van der Waals surface area contributed by atoms with E-state index in [1.807, 2.05) is 12.1 Å². The van der Waals surface area contributed by atoms with Crippen LogP contribution in [0.25, 0.3) is 0 Å². The van der Waals surface area contributed by atoms with Crippen LogP contribution in [0.5, 0.6) is 5.75 Å². The van der Waals surface area contributed by atoms with Crippen LogP contribution in [-0.4, -0.2) is 21.8 Å². The molecule has 3 N–H and O–H groups in total. The highest BCUT2D eigenvalue weighted by atomic mass is 32.2. The molecule has 0 fully saturated rings. The molecule has 0 aliphatic rings. The Morgan fingerprint density at radius 1 is 1.10 bits per heavy atom. The van der Waals surface area contributed by atoms with Crippen LogP contribution in [0.4, 0.5) is 17.1 Å². The Balaban J connectivity index is 2.27.